The van der Waals surface area contributed by atoms with Gasteiger partial charge in [0.2, 0.25) is 0 Å². The van der Waals surface area contributed by atoms with E-state index in [4.69, 9.17) is 21.1 Å². The van der Waals surface area contributed by atoms with Crippen LogP contribution in [0.25, 0.3) is 11.1 Å². The quantitative estimate of drug-likeness (QED) is 0.811. The average Bonchev–Trinajstić information content (AvgIpc) is 2.93. The lowest BCUT2D eigenvalue weighted by Gasteiger charge is -2.15. The number of ether oxygens (including phenoxy) is 2. The Kier molecular flexibility index (Phi) is 3.33. The molecule has 1 fully saturated rings. The molecule has 1 aliphatic heterocycles. The first-order valence-electron chi connectivity index (χ1n) is 5.93. The lowest BCUT2D eigenvalue weighted by Crippen LogP contribution is -2.00. The number of hydrogen-bond donors (Lipinski definition) is 0. The van der Waals surface area contributed by atoms with Crippen LogP contribution in [0.5, 0.6) is 0 Å². The highest BCUT2D eigenvalue weighted by molar-refractivity contribution is 6.33. The maximum Gasteiger partial charge on any atom is 0.184 e. The smallest absolute Gasteiger partial charge is 0.184 e. The third-order valence-electron chi connectivity index (χ3n) is 3.00. The van der Waals surface area contributed by atoms with E-state index in [1.807, 2.05) is 48.5 Å². The summed E-state index contributed by atoms with van der Waals surface area (Å²) in [6, 6.07) is 15.9. The van der Waals surface area contributed by atoms with Crippen molar-refractivity contribution in [1.29, 1.82) is 0 Å². The molecule has 1 aliphatic rings. The molecule has 0 aromatic heterocycles. The molecular formula is C15H13ClO2. The summed E-state index contributed by atoms with van der Waals surface area (Å²) in [4.78, 5) is 0. The highest BCUT2D eigenvalue weighted by atomic mass is 35.5. The summed E-state index contributed by atoms with van der Waals surface area (Å²) < 4.78 is 11.2. The highest BCUT2D eigenvalue weighted by Gasteiger charge is 2.22. The summed E-state index contributed by atoms with van der Waals surface area (Å²) >= 11 is 6.26. The van der Waals surface area contributed by atoms with Crippen molar-refractivity contribution in [2.45, 2.75) is 6.29 Å². The van der Waals surface area contributed by atoms with E-state index < -0.39 is 0 Å². The van der Waals surface area contributed by atoms with Crippen LogP contribution in [0.2, 0.25) is 5.02 Å². The Labute approximate surface area is 111 Å². The lowest BCUT2D eigenvalue weighted by molar-refractivity contribution is -0.0436. The Morgan fingerprint density at radius 3 is 2.17 bits per heavy atom. The largest absolute Gasteiger partial charge is 0.346 e. The second-order valence-electron chi connectivity index (χ2n) is 4.14. The Morgan fingerprint density at radius 1 is 0.833 bits per heavy atom. The molecule has 0 radical (unpaired) electrons. The van der Waals surface area contributed by atoms with Gasteiger partial charge >= 0.3 is 0 Å². The minimum atomic E-state index is -0.280. The molecule has 0 spiro atoms. The van der Waals surface area contributed by atoms with Crippen molar-refractivity contribution >= 4 is 11.6 Å². The van der Waals surface area contributed by atoms with Crippen molar-refractivity contribution in [3.8, 4) is 11.1 Å². The van der Waals surface area contributed by atoms with Gasteiger partial charge in [0.15, 0.2) is 6.29 Å². The maximum atomic E-state index is 6.26. The normalized spacial score (nSPS) is 16.1. The van der Waals surface area contributed by atoms with Gasteiger partial charge in [0.05, 0.1) is 13.2 Å². The molecule has 3 rings (SSSR count). The lowest BCUT2D eigenvalue weighted by atomic mass is 9.99. The fraction of sp³-hybridized carbons (Fsp3) is 0.200. The molecule has 2 aromatic rings. The van der Waals surface area contributed by atoms with Crippen molar-refractivity contribution in [3.05, 3.63) is 59.1 Å². The van der Waals surface area contributed by atoms with Gasteiger partial charge in [-0.15, -0.1) is 0 Å². The van der Waals surface area contributed by atoms with E-state index in [0.717, 1.165) is 21.7 Å². The van der Waals surface area contributed by atoms with Gasteiger partial charge < -0.3 is 9.47 Å². The minimum Gasteiger partial charge on any atom is -0.346 e. The van der Waals surface area contributed by atoms with Crippen LogP contribution < -0.4 is 0 Å². The summed E-state index contributed by atoms with van der Waals surface area (Å²) in [5, 5.41) is 0.739. The van der Waals surface area contributed by atoms with E-state index in [9.17, 15) is 0 Å². The minimum absolute atomic E-state index is 0.280. The van der Waals surface area contributed by atoms with Crippen LogP contribution in [0.15, 0.2) is 48.5 Å². The molecule has 0 atom stereocenters. The zero-order valence-electron chi connectivity index (χ0n) is 9.80. The summed E-state index contributed by atoms with van der Waals surface area (Å²) in [7, 11) is 0. The van der Waals surface area contributed by atoms with Gasteiger partial charge in [-0.25, -0.2) is 0 Å². The van der Waals surface area contributed by atoms with Crippen molar-refractivity contribution < 1.29 is 9.47 Å². The summed E-state index contributed by atoms with van der Waals surface area (Å²) in [5.74, 6) is 0. The second kappa shape index (κ2) is 5.11. The number of rotatable bonds is 2. The molecule has 3 heteroatoms. The summed E-state index contributed by atoms with van der Waals surface area (Å²) in [6.07, 6.45) is -0.280. The first-order valence-corrected chi connectivity index (χ1v) is 6.31. The predicted octanol–water partition coefficient (Wildman–Crippen LogP) is 4.05. The van der Waals surface area contributed by atoms with Gasteiger partial charge in [-0.1, -0.05) is 54.1 Å². The maximum absolute atomic E-state index is 6.26. The molecule has 1 saturated heterocycles. The molecule has 0 unspecified atom stereocenters. The fourth-order valence-corrected chi connectivity index (χ4v) is 2.40. The van der Waals surface area contributed by atoms with Crippen molar-refractivity contribution in [1.82, 2.24) is 0 Å². The molecule has 0 amide bonds. The zero-order valence-corrected chi connectivity index (χ0v) is 10.6. The second-order valence-corrected chi connectivity index (χ2v) is 4.55. The Hall–Kier alpha value is -1.35. The van der Waals surface area contributed by atoms with Crippen molar-refractivity contribution in [2.24, 2.45) is 0 Å². The predicted molar refractivity (Wildman–Crippen MR) is 71.5 cm³/mol. The standard InChI is InChI=1S/C15H13ClO2/c16-14-8-4-3-6-12(14)11-5-1-2-7-13(11)15-17-9-10-18-15/h1-8,15H,9-10H2. The van der Waals surface area contributed by atoms with Crippen LogP contribution in [-0.4, -0.2) is 13.2 Å². The van der Waals surface area contributed by atoms with Gasteiger partial charge in [0.1, 0.15) is 0 Å². The van der Waals surface area contributed by atoms with E-state index in [0.29, 0.717) is 13.2 Å². The van der Waals surface area contributed by atoms with Gasteiger partial charge in [-0.3, -0.25) is 0 Å². The van der Waals surface area contributed by atoms with Gasteiger partial charge in [0, 0.05) is 16.1 Å². The van der Waals surface area contributed by atoms with E-state index in [2.05, 4.69) is 0 Å². The van der Waals surface area contributed by atoms with Crippen LogP contribution >= 0.6 is 11.6 Å². The molecule has 0 saturated carbocycles. The van der Waals surface area contributed by atoms with Crippen molar-refractivity contribution in [3.63, 3.8) is 0 Å². The SMILES string of the molecule is Clc1ccccc1-c1ccccc1C1OCCO1. The van der Waals surface area contributed by atoms with E-state index in [1.54, 1.807) is 0 Å². The monoisotopic (exact) mass is 260 g/mol. The van der Waals surface area contributed by atoms with Crippen LogP contribution in [-0.2, 0) is 9.47 Å². The van der Waals surface area contributed by atoms with Gasteiger partial charge in [-0.05, 0) is 11.6 Å². The molecule has 2 nitrogen and oxygen atoms in total. The zero-order chi connectivity index (χ0) is 12.4. The van der Waals surface area contributed by atoms with E-state index in [-0.39, 0.29) is 6.29 Å². The number of halogens is 1. The van der Waals surface area contributed by atoms with Crippen LogP contribution in [0.4, 0.5) is 0 Å². The molecule has 18 heavy (non-hydrogen) atoms. The van der Waals surface area contributed by atoms with Gasteiger partial charge in [-0.2, -0.15) is 0 Å². The van der Waals surface area contributed by atoms with Crippen LogP contribution in [0, 0.1) is 0 Å². The third-order valence-corrected chi connectivity index (χ3v) is 3.33. The summed E-state index contributed by atoms with van der Waals surface area (Å²) in [5.41, 5.74) is 3.10. The first-order chi connectivity index (χ1) is 8.86. The number of benzene rings is 2. The topological polar surface area (TPSA) is 18.5 Å². The van der Waals surface area contributed by atoms with E-state index in [1.165, 1.54) is 0 Å². The van der Waals surface area contributed by atoms with Crippen molar-refractivity contribution in [2.75, 3.05) is 13.2 Å². The van der Waals surface area contributed by atoms with Gasteiger partial charge in [0.25, 0.3) is 0 Å². The van der Waals surface area contributed by atoms with Crippen LogP contribution in [0.1, 0.15) is 11.9 Å². The highest BCUT2D eigenvalue weighted by Crippen LogP contribution is 2.35. The molecule has 2 aromatic carbocycles. The molecular weight excluding hydrogens is 248 g/mol. The molecule has 1 heterocycles. The number of hydrogen-bond acceptors (Lipinski definition) is 2. The summed E-state index contributed by atoms with van der Waals surface area (Å²) in [6.45, 7) is 1.28. The molecule has 0 N–H and O–H groups in total. The molecule has 92 valence electrons. The fourth-order valence-electron chi connectivity index (χ4n) is 2.17. The van der Waals surface area contributed by atoms with Crippen LogP contribution in [0.3, 0.4) is 0 Å². The first kappa shape index (κ1) is 11.7. The molecule has 0 aliphatic carbocycles. The Morgan fingerprint density at radius 2 is 1.44 bits per heavy atom. The van der Waals surface area contributed by atoms with E-state index >= 15 is 0 Å². The Bertz CT molecular complexity index is 548. The average molecular weight is 261 g/mol. The molecule has 0 bridgehead atoms. The Balaban J connectivity index is 2.09. The third kappa shape index (κ3) is 2.15.